The van der Waals surface area contributed by atoms with Gasteiger partial charge in [-0.05, 0) is 48.9 Å². The number of ether oxygens (including phenoxy) is 2. The number of fused-ring (bicyclic) bond motifs is 1. The number of rotatable bonds is 9. The Labute approximate surface area is 206 Å². The lowest BCUT2D eigenvalue weighted by Gasteiger charge is -2.38. The van der Waals surface area contributed by atoms with Gasteiger partial charge in [-0.3, -0.25) is 4.79 Å². The van der Waals surface area contributed by atoms with Gasteiger partial charge in [0.15, 0.2) is 0 Å². The van der Waals surface area contributed by atoms with E-state index in [0.717, 1.165) is 17.0 Å². The molecule has 2 aromatic carbocycles. The number of hydrogen-bond donors (Lipinski definition) is 1. The van der Waals surface area contributed by atoms with Crippen LogP contribution < -0.4 is 10.1 Å². The molecule has 1 aliphatic heterocycles. The van der Waals surface area contributed by atoms with Crippen molar-refractivity contribution in [2.45, 2.75) is 19.5 Å². The van der Waals surface area contributed by atoms with Gasteiger partial charge in [0.05, 0.1) is 12.6 Å². The molecule has 0 saturated carbocycles. The second kappa shape index (κ2) is 11.6. The van der Waals surface area contributed by atoms with Gasteiger partial charge in [0.1, 0.15) is 18.0 Å². The third-order valence-corrected chi connectivity index (χ3v) is 6.02. The van der Waals surface area contributed by atoms with Crippen molar-refractivity contribution in [2.75, 3.05) is 39.9 Å². The highest BCUT2D eigenvalue weighted by molar-refractivity contribution is 5.84. The molecule has 1 atom stereocenters. The lowest BCUT2D eigenvalue weighted by molar-refractivity contribution is -0.134. The summed E-state index contributed by atoms with van der Waals surface area (Å²) < 4.78 is 13.4. The molecule has 1 aliphatic rings. The van der Waals surface area contributed by atoms with Gasteiger partial charge < -0.3 is 29.2 Å². The van der Waals surface area contributed by atoms with Crippen LogP contribution in [0.2, 0.25) is 0 Å². The standard InChI is InChI=1S/C27H32N4O4/c1-3-28-27(33)30(17-18-34-2)20-25(32)31-16-15-29-14-8-13-24(29)26(31)21-9-7-12-23(19-21)35-22-10-5-4-6-11-22/h4-14,19,26H,3,15-18,20H2,1-2H3,(H,28,33). The Hall–Kier alpha value is -3.78. The number of amides is 3. The molecule has 35 heavy (non-hydrogen) atoms. The zero-order chi connectivity index (χ0) is 24.6. The minimum atomic E-state index is -0.288. The van der Waals surface area contributed by atoms with Crippen molar-refractivity contribution in [3.05, 3.63) is 84.2 Å². The summed E-state index contributed by atoms with van der Waals surface area (Å²) in [6.45, 7) is 4.26. The summed E-state index contributed by atoms with van der Waals surface area (Å²) in [7, 11) is 1.58. The second-order valence-corrected chi connectivity index (χ2v) is 8.35. The number of carbonyl (C=O) groups is 2. The molecule has 8 nitrogen and oxygen atoms in total. The van der Waals surface area contributed by atoms with Crippen molar-refractivity contribution in [3.63, 3.8) is 0 Å². The highest BCUT2D eigenvalue weighted by Gasteiger charge is 2.33. The Morgan fingerprint density at radius 1 is 1.03 bits per heavy atom. The fourth-order valence-corrected chi connectivity index (χ4v) is 4.35. The van der Waals surface area contributed by atoms with Crippen LogP contribution in [0.15, 0.2) is 72.9 Å². The number of aromatic nitrogens is 1. The largest absolute Gasteiger partial charge is 0.457 e. The number of carbonyl (C=O) groups excluding carboxylic acids is 2. The topological polar surface area (TPSA) is 76.0 Å². The van der Waals surface area contributed by atoms with Gasteiger partial charge >= 0.3 is 6.03 Å². The predicted molar refractivity (Wildman–Crippen MR) is 133 cm³/mol. The molecule has 0 bridgehead atoms. The van der Waals surface area contributed by atoms with Gasteiger partial charge in [-0.2, -0.15) is 0 Å². The monoisotopic (exact) mass is 476 g/mol. The summed E-state index contributed by atoms with van der Waals surface area (Å²) in [5.74, 6) is 1.34. The average Bonchev–Trinajstić information content (AvgIpc) is 3.35. The van der Waals surface area contributed by atoms with Crippen LogP contribution in [0, 0.1) is 0 Å². The minimum Gasteiger partial charge on any atom is -0.457 e. The van der Waals surface area contributed by atoms with Crippen LogP contribution in [0.25, 0.3) is 0 Å². The van der Waals surface area contributed by atoms with E-state index in [2.05, 4.69) is 9.88 Å². The van der Waals surface area contributed by atoms with Gasteiger partial charge in [0.25, 0.3) is 0 Å². The molecular formula is C27H32N4O4. The molecule has 8 heteroatoms. The first-order valence-electron chi connectivity index (χ1n) is 11.9. The molecule has 0 saturated heterocycles. The molecular weight excluding hydrogens is 444 g/mol. The molecule has 1 aromatic heterocycles. The normalized spacial score (nSPS) is 14.8. The molecule has 184 valence electrons. The first-order chi connectivity index (χ1) is 17.1. The van der Waals surface area contributed by atoms with Gasteiger partial charge in [0, 0.05) is 45.2 Å². The van der Waals surface area contributed by atoms with Crippen molar-refractivity contribution in [1.82, 2.24) is 19.7 Å². The molecule has 0 aliphatic carbocycles. The lowest BCUT2D eigenvalue weighted by Crippen LogP contribution is -2.50. The molecule has 2 heterocycles. The van der Waals surface area contributed by atoms with Crippen LogP contribution in [-0.4, -0.2) is 66.2 Å². The molecule has 0 radical (unpaired) electrons. The van der Waals surface area contributed by atoms with E-state index in [1.165, 1.54) is 4.90 Å². The number of benzene rings is 2. The Morgan fingerprint density at radius 3 is 2.60 bits per heavy atom. The summed E-state index contributed by atoms with van der Waals surface area (Å²) in [4.78, 5) is 29.5. The second-order valence-electron chi connectivity index (χ2n) is 8.35. The van der Waals surface area contributed by atoms with E-state index in [1.807, 2.05) is 84.8 Å². The zero-order valence-electron chi connectivity index (χ0n) is 20.2. The fourth-order valence-electron chi connectivity index (χ4n) is 4.35. The number of hydrogen-bond acceptors (Lipinski definition) is 4. The van der Waals surface area contributed by atoms with E-state index in [4.69, 9.17) is 9.47 Å². The highest BCUT2D eigenvalue weighted by atomic mass is 16.5. The third-order valence-electron chi connectivity index (χ3n) is 6.02. The van der Waals surface area contributed by atoms with Crippen LogP contribution in [-0.2, 0) is 16.1 Å². The molecule has 4 rings (SSSR count). The molecule has 1 N–H and O–H groups in total. The van der Waals surface area contributed by atoms with Crippen molar-refractivity contribution in [1.29, 1.82) is 0 Å². The molecule has 1 unspecified atom stereocenters. The van der Waals surface area contributed by atoms with Gasteiger partial charge in [0.2, 0.25) is 5.91 Å². The third kappa shape index (κ3) is 5.84. The van der Waals surface area contributed by atoms with Crippen LogP contribution in [0.5, 0.6) is 11.5 Å². The summed E-state index contributed by atoms with van der Waals surface area (Å²) >= 11 is 0. The Morgan fingerprint density at radius 2 is 1.83 bits per heavy atom. The van der Waals surface area contributed by atoms with Crippen LogP contribution in [0.4, 0.5) is 4.79 Å². The number of para-hydroxylation sites is 1. The number of urea groups is 1. The zero-order valence-corrected chi connectivity index (χ0v) is 20.2. The van der Waals surface area contributed by atoms with Crippen molar-refractivity contribution >= 4 is 11.9 Å². The van der Waals surface area contributed by atoms with E-state index in [1.54, 1.807) is 7.11 Å². The van der Waals surface area contributed by atoms with E-state index in [9.17, 15) is 9.59 Å². The fraction of sp³-hybridized carbons (Fsp3) is 0.333. The number of nitrogens with zero attached hydrogens (tertiary/aromatic N) is 3. The Kier molecular flexibility index (Phi) is 8.05. The number of methoxy groups -OCH3 is 1. The van der Waals surface area contributed by atoms with E-state index in [0.29, 0.717) is 38.5 Å². The quantitative estimate of drug-likeness (QED) is 0.508. The van der Waals surface area contributed by atoms with Crippen LogP contribution >= 0.6 is 0 Å². The summed E-state index contributed by atoms with van der Waals surface area (Å²) in [5, 5.41) is 2.79. The smallest absolute Gasteiger partial charge is 0.317 e. The van der Waals surface area contributed by atoms with Crippen molar-refractivity contribution < 1.29 is 19.1 Å². The van der Waals surface area contributed by atoms with Crippen LogP contribution in [0.3, 0.4) is 0 Å². The molecule has 0 fully saturated rings. The predicted octanol–water partition coefficient (Wildman–Crippen LogP) is 3.89. The minimum absolute atomic E-state index is 0.0212. The molecule has 3 aromatic rings. The van der Waals surface area contributed by atoms with Gasteiger partial charge in [-0.25, -0.2) is 4.79 Å². The highest BCUT2D eigenvalue weighted by Crippen LogP contribution is 2.35. The maximum absolute atomic E-state index is 13.6. The Balaban J connectivity index is 1.60. The van der Waals surface area contributed by atoms with Gasteiger partial charge in [-0.15, -0.1) is 0 Å². The van der Waals surface area contributed by atoms with Crippen molar-refractivity contribution in [2.24, 2.45) is 0 Å². The van der Waals surface area contributed by atoms with Gasteiger partial charge in [-0.1, -0.05) is 30.3 Å². The summed E-state index contributed by atoms with van der Waals surface area (Å²) in [6.07, 6.45) is 2.04. The van der Waals surface area contributed by atoms with E-state index < -0.39 is 0 Å². The maximum atomic E-state index is 13.6. The average molecular weight is 477 g/mol. The van der Waals surface area contributed by atoms with E-state index in [-0.39, 0.29) is 24.5 Å². The molecule has 3 amide bonds. The summed E-state index contributed by atoms with van der Waals surface area (Å²) in [5.41, 5.74) is 1.98. The summed E-state index contributed by atoms with van der Waals surface area (Å²) in [6, 6.07) is 20.9. The van der Waals surface area contributed by atoms with Crippen LogP contribution in [0.1, 0.15) is 24.2 Å². The van der Waals surface area contributed by atoms with E-state index >= 15 is 0 Å². The number of nitrogens with one attached hydrogen (secondary N) is 1. The first kappa shape index (κ1) is 24.3. The van der Waals surface area contributed by atoms with Crippen molar-refractivity contribution in [3.8, 4) is 11.5 Å². The first-order valence-corrected chi connectivity index (χ1v) is 11.9. The SMILES string of the molecule is CCNC(=O)N(CCOC)CC(=O)N1CCn2cccc2C1c1cccc(Oc2ccccc2)c1. The lowest BCUT2D eigenvalue weighted by atomic mass is 9.99. The maximum Gasteiger partial charge on any atom is 0.317 e. The molecule has 0 spiro atoms. The Bertz CT molecular complexity index is 1130.